The number of hydrogen-bond acceptors (Lipinski definition) is 4. The van der Waals surface area contributed by atoms with E-state index in [0.29, 0.717) is 6.54 Å². The SMILES string of the molecule is O=C(OCc1ccccc1)N1CCCC1c1nc2ccc(-c3cccs3)cc2[nH]1. The number of likely N-dealkylation sites (tertiary alicyclic amines) is 1. The van der Waals surface area contributed by atoms with Crippen molar-refractivity contribution in [2.75, 3.05) is 6.54 Å². The Bertz CT molecular complexity index is 1120. The smallest absolute Gasteiger partial charge is 0.410 e. The molecule has 2 aromatic carbocycles. The van der Waals surface area contributed by atoms with E-state index in [4.69, 9.17) is 9.72 Å². The van der Waals surface area contributed by atoms with Crippen molar-refractivity contribution < 1.29 is 9.53 Å². The molecule has 0 bridgehead atoms. The number of nitrogens with one attached hydrogen (secondary N) is 1. The Morgan fingerprint density at radius 2 is 2.07 bits per heavy atom. The van der Waals surface area contributed by atoms with Gasteiger partial charge >= 0.3 is 6.09 Å². The lowest BCUT2D eigenvalue weighted by Crippen LogP contribution is -2.31. The first-order chi connectivity index (χ1) is 14.3. The summed E-state index contributed by atoms with van der Waals surface area (Å²) in [4.78, 5) is 23.9. The molecular formula is C23H21N3O2S. The van der Waals surface area contributed by atoms with Crippen LogP contribution in [0.3, 0.4) is 0 Å². The Morgan fingerprint density at radius 1 is 1.17 bits per heavy atom. The largest absolute Gasteiger partial charge is 0.445 e. The topological polar surface area (TPSA) is 58.2 Å². The number of fused-ring (bicyclic) bond motifs is 1. The normalized spacial score (nSPS) is 16.4. The predicted molar refractivity (Wildman–Crippen MR) is 115 cm³/mol. The van der Waals surface area contributed by atoms with Gasteiger partial charge in [-0.15, -0.1) is 11.3 Å². The molecule has 5 rings (SSSR count). The van der Waals surface area contributed by atoms with Crippen molar-refractivity contribution in [1.29, 1.82) is 0 Å². The summed E-state index contributed by atoms with van der Waals surface area (Å²) in [5.74, 6) is 0.831. The number of carbonyl (C=O) groups is 1. The highest BCUT2D eigenvalue weighted by atomic mass is 32.1. The fourth-order valence-corrected chi connectivity index (χ4v) is 4.58. The quantitative estimate of drug-likeness (QED) is 0.471. The zero-order chi connectivity index (χ0) is 19.6. The van der Waals surface area contributed by atoms with Crippen molar-refractivity contribution in [3.63, 3.8) is 0 Å². The minimum atomic E-state index is -0.281. The molecular weight excluding hydrogens is 382 g/mol. The fraction of sp³-hybridized carbons (Fsp3) is 0.217. The van der Waals surface area contributed by atoms with Crippen molar-refractivity contribution in [1.82, 2.24) is 14.9 Å². The maximum absolute atomic E-state index is 12.7. The molecule has 1 saturated heterocycles. The van der Waals surface area contributed by atoms with Crippen molar-refractivity contribution in [2.24, 2.45) is 0 Å². The molecule has 1 atom stereocenters. The number of aromatic nitrogens is 2. The fourth-order valence-electron chi connectivity index (χ4n) is 3.85. The molecule has 146 valence electrons. The number of aromatic amines is 1. The van der Waals surface area contributed by atoms with E-state index < -0.39 is 0 Å². The van der Waals surface area contributed by atoms with Crippen LogP contribution in [-0.4, -0.2) is 27.5 Å². The number of thiophene rings is 1. The van der Waals surface area contributed by atoms with E-state index in [1.54, 1.807) is 16.2 Å². The van der Waals surface area contributed by atoms with E-state index in [9.17, 15) is 4.79 Å². The van der Waals surface area contributed by atoms with Gasteiger partial charge in [-0.25, -0.2) is 9.78 Å². The third-order valence-corrected chi connectivity index (χ3v) is 6.23. The van der Waals surface area contributed by atoms with Crippen LogP contribution in [0.2, 0.25) is 0 Å². The Balaban J connectivity index is 1.35. The van der Waals surface area contributed by atoms with Crippen molar-refractivity contribution in [2.45, 2.75) is 25.5 Å². The van der Waals surface area contributed by atoms with Crippen LogP contribution >= 0.6 is 11.3 Å². The number of amides is 1. The van der Waals surface area contributed by atoms with Crippen LogP contribution in [0.1, 0.15) is 30.3 Å². The van der Waals surface area contributed by atoms with E-state index in [0.717, 1.165) is 35.3 Å². The van der Waals surface area contributed by atoms with Gasteiger partial charge in [0.2, 0.25) is 0 Å². The summed E-state index contributed by atoms with van der Waals surface area (Å²) in [5.41, 5.74) is 4.08. The Morgan fingerprint density at radius 3 is 2.90 bits per heavy atom. The summed E-state index contributed by atoms with van der Waals surface area (Å²) in [7, 11) is 0. The highest BCUT2D eigenvalue weighted by Crippen LogP contribution is 2.33. The molecule has 5 nitrogen and oxygen atoms in total. The summed E-state index contributed by atoms with van der Waals surface area (Å²) >= 11 is 1.72. The van der Waals surface area contributed by atoms with Gasteiger partial charge in [-0.3, -0.25) is 4.90 Å². The van der Waals surface area contributed by atoms with E-state index in [-0.39, 0.29) is 18.7 Å². The van der Waals surface area contributed by atoms with Gasteiger partial charge in [-0.2, -0.15) is 0 Å². The molecule has 1 aliphatic heterocycles. The van der Waals surface area contributed by atoms with Crippen molar-refractivity contribution in [3.05, 3.63) is 77.4 Å². The first-order valence-electron chi connectivity index (χ1n) is 9.79. The maximum Gasteiger partial charge on any atom is 0.410 e. The molecule has 3 heterocycles. The molecule has 0 spiro atoms. The van der Waals surface area contributed by atoms with Gasteiger partial charge < -0.3 is 9.72 Å². The van der Waals surface area contributed by atoms with E-state index >= 15 is 0 Å². The molecule has 1 fully saturated rings. The molecule has 1 aliphatic rings. The number of nitrogens with zero attached hydrogens (tertiary/aromatic N) is 2. The minimum Gasteiger partial charge on any atom is -0.445 e. The van der Waals surface area contributed by atoms with Crippen molar-refractivity contribution >= 4 is 28.5 Å². The van der Waals surface area contributed by atoms with Crippen LogP contribution < -0.4 is 0 Å². The van der Waals surface area contributed by atoms with Gasteiger partial charge in [-0.1, -0.05) is 42.5 Å². The Labute approximate surface area is 173 Å². The average molecular weight is 404 g/mol. The number of ether oxygens (including phenoxy) is 1. The lowest BCUT2D eigenvalue weighted by Gasteiger charge is -2.22. The summed E-state index contributed by atoms with van der Waals surface area (Å²) < 4.78 is 5.55. The number of benzene rings is 2. The Hall–Kier alpha value is -3.12. The number of imidazole rings is 1. The van der Waals surface area contributed by atoms with Crippen LogP contribution in [0.4, 0.5) is 4.79 Å². The molecule has 6 heteroatoms. The lowest BCUT2D eigenvalue weighted by atomic mass is 10.2. The predicted octanol–water partition coefficient (Wildman–Crippen LogP) is 5.77. The van der Waals surface area contributed by atoms with Gasteiger partial charge in [0.1, 0.15) is 12.4 Å². The number of H-pyrrole nitrogens is 1. The average Bonchev–Trinajstić information content (AvgIpc) is 3.52. The van der Waals surface area contributed by atoms with Crippen LogP contribution in [0.5, 0.6) is 0 Å². The zero-order valence-corrected chi connectivity index (χ0v) is 16.7. The van der Waals surface area contributed by atoms with Crippen LogP contribution in [0.25, 0.3) is 21.5 Å². The number of carbonyl (C=O) groups excluding carboxylic acids is 1. The summed E-state index contributed by atoms with van der Waals surface area (Å²) in [6.07, 6.45) is 1.55. The summed E-state index contributed by atoms with van der Waals surface area (Å²) in [6, 6.07) is 20.1. The first-order valence-corrected chi connectivity index (χ1v) is 10.7. The first kappa shape index (κ1) is 17.9. The molecule has 2 aromatic heterocycles. The van der Waals surface area contributed by atoms with Gasteiger partial charge in [0.05, 0.1) is 17.1 Å². The van der Waals surface area contributed by atoms with Crippen LogP contribution in [0.15, 0.2) is 66.0 Å². The second-order valence-electron chi connectivity index (χ2n) is 7.22. The molecule has 1 amide bonds. The van der Waals surface area contributed by atoms with Crippen LogP contribution in [0, 0.1) is 0 Å². The number of rotatable bonds is 4. The second-order valence-corrected chi connectivity index (χ2v) is 8.17. The van der Waals surface area contributed by atoms with E-state index in [1.807, 2.05) is 36.4 Å². The molecule has 0 aliphatic carbocycles. The third kappa shape index (κ3) is 3.63. The van der Waals surface area contributed by atoms with Gasteiger partial charge in [0.25, 0.3) is 0 Å². The standard InChI is InChI=1S/C23H21N3O2S/c27-23(28-15-16-6-2-1-3-7-16)26-12-4-8-20(26)22-24-18-11-10-17(14-19(18)25-22)21-9-5-13-29-21/h1-3,5-7,9-11,13-14,20H,4,8,12,15H2,(H,24,25). The van der Waals surface area contributed by atoms with Gasteiger partial charge in [0, 0.05) is 11.4 Å². The number of hydrogen-bond donors (Lipinski definition) is 1. The summed E-state index contributed by atoms with van der Waals surface area (Å²) in [6.45, 7) is 0.975. The summed E-state index contributed by atoms with van der Waals surface area (Å²) in [5, 5.41) is 2.08. The molecule has 29 heavy (non-hydrogen) atoms. The van der Waals surface area contributed by atoms with E-state index in [2.05, 4.69) is 34.6 Å². The molecule has 1 unspecified atom stereocenters. The van der Waals surface area contributed by atoms with Crippen LogP contribution in [-0.2, 0) is 11.3 Å². The zero-order valence-electron chi connectivity index (χ0n) is 15.9. The monoisotopic (exact) mass is 403 g/mol. The molecule has 0 saturated carbocycles. The minimum absolute atomic E-state index is 0.0733. The van der Waals surface area contributed by atoms with Crippen molar-refractivity contribution in [3.8, 4) is 10.4 Å². The molecule has 4 aromatic rings. The van der Waals surface area contributed by atoms with Gasteiger partial charge in [0.15, 0.2) is 0 Å². The molecule has 1 N–H and O–H groups in total. The third-order valence-electron chi connectivity index (χ3n) is 5.31. The van der Waals surface area contributed by atoms with Gasteiger partial charge in [-0.05, 0) is 47.5 Å². The second kappa shape index (κ2) is 7.72. The Kier molecular flexibility index (Phi) is 4.77. The highest BCUT2D eigenvalue weighted by Gasteiger charge is 2.33. The lowest BCUT2D eigenvalue weighted by molar-refractivity contribution is 0.0910. The highest BCUT2D eigenvalue weighted by molar-refractivity contribution is 7.13. The molecule has 0 radical (unpaired) electrons. The maximum atomic E-state index is 12.7. The van der Waals surface area contributed by atoms with E-state index in [1.165, 1.54) is 10.4 Å².